The van der Waals surface area contributed by atoms with Crippen LogP contribution in [0.5, 0.6) is 0 Å². The molecule has 4 rings (SSSR count). The molecule has 33 heavy (non-hydrogen) atoms. The largest absolute Gasteiger partial charge is 0.369 e. The Morgan fingerprint density at radius 2 is 1.61 bits per heavy atom. The number of halogens is 2. The monoisotopic (exact) mass is 542 g/mol. The van der Waals surface area contributed by atoms with Crippen LogP contribution in [0.15, 0.2) is 77.3 Å². The number of nitrogens with zero attached hydrogens (tertiary/aromatic N) is 2. The third-order valence-electron chi connectivity index (χ3n) is 5.56. The Balaban J connectivity index is 1.27. The Bertz CT molecular complexity index is 1130. The van der Waals surface area contributed by atoms with Gasteiger partial charge in [-0.15, -0.1) is 0 Å². The third kappa shape index (κ3) is 6.32. The van der Waals surface area contributed by atoms with Gasteiger partial charge in [-0.05, 0) is 76.2 Å². The van der Waals surface area contributed by atoms with Crippen molar-refractivity contribution < 1.29 is 4.79 Å². The molecule has 1 aliphatic rings. The van der Waals surface area contributed by atoms with Crippen LogP contribution in [0.3, 0.4) is 0 Å². The zero-order chi connectivity index (χ0) is 23.2. The second-order valence-electron chi connectivity index (χ2n) is 7.79. The summed E-state index contributed by atoms with van der Waals surface area (Å²) in [6.45, 7) is 4.75. The quantitative estimate of drug-likeness (QED) is 0.413. The molecule has 0 saturated carbocycles. The van der Waals surface area contributed by atoms with Gasteiger partial charge in [0, 0.05) is 53.6 Å². The number of thiocarbonyl (C=S) groups is 1. The number of hydrogen-bond acceptors (Lipinski definition) is 4. The van der Waals surface area contributed by atoms with Crippen molar-refractivity contribution in [1.82, 2.24) is 10.2 Å². The van der Waals surface area contributed by atoms with Gasteiger partial charge in [0.1, 0.15) is 0 Å². The highest BCUT2D eigenvalue weighted by atomic mass is 79.9. The number of amides is 1. The van der Waals surface area contributed by atoms with E-state index in [2.05, 4.69) is 54.6 Å². The molecule has 3 aromatic carbocycles. The van der Waals surface area contributed by atoms with Crippen LogP contribution in [0.1, 0.15) is 15.9 Å². The first-order valence-electron chi connectivity index (χ1n) is 10.7. The first-order valence-corrected chi connectivity index (χ1v) is 12.2. The molecule has 0 bridgehead atoms. The zero-order valence-corrected chi connectivity index (χ0v) is 21.1. The molecule has 170 valence electrons. The number of rotatable bonds is 5. The SMILES string of the molecule is O=C(NC(=S)Nc1ccc(N2CCN(Cc3ccccc3Cl)CC2)cc1)c1ccccc1Br. The van der Waals surface area contributed by atoms with Crippen LogP contribution in [-0.4, -0.2) is 42.1 Å². The number of carbonyl (C=O) groups is 1. The second kappa shape index (κ2) is 11.1. The van der Waals surface area contributed by atoms with Crippen LogP contribution in [0.4, 0.5) is 11.4 Å². The minimum Gasteiger partial charge on any atom is -0.369 e. The number of anilines is 2. The van der Waals surface area contributed by atoms with Gasteiger partial charge in [0.05, 0.1) is 5.56 Å². The minimum atomic E-state index is -0.258. The van der Waals surface area contributed by atoms with Crippen molar-refractivity contribution in [2.45, 2.75) is 6.54 Å². The van der Waals surface area contributed by atoms with Gasteiger partial charge in [0.2, 0.25) is 0 Å². The molecule has 0 aliphatic carbocycles. The molecule has 8 heteroatoms. The van der Waals surface area contributed by atoms with Gasteiger partial charge in [0.15, 0.2) is 5.11 Å². The van der Waals surface area contributed by atoms with Gasteiger partial charge in [-0.2, -0.15) is 0 Å². The Morgan fingerprint density at radius 1 is 0.939 bits per heavy atom. The van der Waals surface area contributed by atoms with E-state index < -0.39 is 0 Å². The maximum Gasteiger partial charge on any atom is 0.258 e. The topological polar surface area (TPSA) is 47.6 Å². The molecule has 1 fully saturated rings. The van der Waals surface area contributed by atoms with Crippen molar-refractivity contribution in [2.24, 2.45) is 0 Å². The van der Waals surface area contributed by atoms with Gasteiger partial charge < -0.3 is 10.2 Å². The van der Waals surface area contributed by atoms with Crippen molar-refractivity contribution >= 4 is 62.1 Å². The van der Waals surface area contributed by atoms with E-state index in [0.717, 1.165) is 47.9 Å². The van der Waals surface area contributed by atoms with Gasteiger partial charge >= 0.3 is 0 Å². The van der Waals surface area contributed by atoms with Crippen LogP contribution in [0, 0.1) is 0 Å². The van der Waals surface area contributed by atoms with Crippen molar-refractivity contribution in [3.8, 4) is 0 Å². The predicted molar refractivity (Wildman–Crippen MR) is 143 cm³/mol. The zero-order valence-electron chi connectivity index (χ0n) is 17.9. The first kappa shape index (κ1) is 23.7. The maximum absolute atomic E-state index is 12.4. The molecule has 1 amide bonds. The summed E-state index contributed by atoms with van der Waals surface area (Å²) >= 11 is 15.0. The number of piperazine rings is 1. The van der Waals surface area contributed by atoms with E-state index in [1.807, 2.05) is 48.5 Å². The van der Waals surface area contributed by atoms with E-state index in [-0.39, 0.29) is 11.0 Å². The Morgan fingerprint density at radius 3 is 2.30 bits per heavy atom. The molecule has 5 nitrogen and oxygen atoms in total. The summed E-state index contributed by atoms with van der Waals surface area (Å²) < 4.78 is 0.724. The lowest BCUT2D eigenvalue weighted by molar-refractivity contribution is 0.0977. The minimum absolute atomic E-state index is 0.258. The van der Waals surface area contributed by atoms with E-state index in [4.69, 9.17) is 23.8 Å². The fraction of sp³-hybridized carbons (Fsp3) is 0.200. The van der Waals surface area contributed by atoms with Crippen molar-refractivity contribution in [2.75, 3.05) is 36.4 Å². The molecule has 1 heterocycles. The van der Waals surface area contributed by atoms with Crippen LogP contribution in [0.2, 0.25) is 5.02 Å². The molecule has 1 saturated heterocycles. The summed E-state index contributed by atoms with van der Waals surface area (Å²) in [4.78, 5) is 17.2. The summed E-state index contributed by atoms with van der Waals surface area (Å²) in [5.74, 6) is -0.258. The summed E-state index contributed by atoms with van der Waals surface area (Å²) in [6, 6.07) is 23.4. The van der Waals surface area contributed by atoms with Crippen molar-refractivity contribution in [3.63, 3.8) is 0 Å². The van der Waals surface area contributed by atoms with Gasteiger partial charge in [-0.1, -0.05) is 41.9 Å². The van der Waals surface area contributed by atoms with Gasteiger partial charge in [-0.3, -0.25) is 15.0 Å². The van der Waals surface area contributed by atoms with E-state index in [1.54, 1.807) is 6.07 Å². The molecule has 0 aromatic heterocycles. The fourth-order valence-electron chi connectivity index (χ4n) is 3.77. The number of benzene rings is 3. The summed E-state index contributed by atoms with van der Waals surface area (Å²) in [5.41, 5.74) is 3.70. The predicted octanol–water partition coefficient (Wildman–Crippen LogP) is 5.55. The van der Waals surface area contributed by atoms with Crippen LogP contribution in [0.25, 0.3) is 0 Å². The Labute approximate surface area is 212 Å². The van der Waals surface area contributed by atoms with E-state index in [9.17, 15) is 4.79 Å². The lowest BCUT2D eigenvalue weighted by Gasteiger charge is -2.36. The van der Waals surface area contributed by atoms with E-state index in [1.165, 1.54) is 11.3 Å². The normalized spacial score (nSPS) is 14.1. The van der Waals surface area contributed by atoms with E-state index in [0.29, 0.717) is 5.56 Å². The highest BCUT2D eigenvalue weighted by molar-refractivity contribution is 9.10. The Kier molecular flexibility index (Phi) is 7.98. The molecule has 2 N–H and O–H groups in total. The second-order valence-corrected chi connectivity index (χ2v) is 9.46. The highest BCUT2D eigenvalue weighted by Gasteiger charge is 2.18. The highest BCUT2D eigenvalue weighted by Crippen LogP contribution is 2.22. The molecule has 1 aliphatic heterocycles. The average molecular weight is 544 g/mol. The molecule has 3 aromatic rings. The number of nitrogens with one attached hydrogen (secondary N) is 2. The molecule has 0 radical (unpaired) electrons. The fourth-order valence-corrected chi connectivity index (χ4v) is 4.64. The van der Waals surface area contributed by atoms with Crippen LogP contribution >= 0.6 is 39.7 Å². The van der Waals surface area contributed by atoms with Gasteiger partial charge in [-0.25, -0.2) is 0 Å². The molecular formula is C25H24BrClN4OS. The summed E-state index contributed by atoms with van der Waals surface area (Å²) in [7, 11) is 0. The Hall–Kier alpha value is -2.45. The maximum atomic E-state index is 12.4. The van der Waals surface area contributed by atoms with E-state index >= 15 is 0 Å². The molecule has 0 spiro atoms. The molecule has 0 unspecified atom stereocenters. The van der Waals surface area contributed by atoms with Crippen molar-refractivity contribution in [3.05, 3.63) is 93.4 Å². The summed E-state index contributed by atoms with van der Waals surface area (Å²) in [5, 5.41) is 6.88. The van der Waals surface area contributed by atoms with Crippen LogP contribution in [-0.2, 0) is 6.54 Å². The average Bonchev–Trinajstić information content (AvgIpc) is 2.82. The lowest BCUT2D eigenvalue weighted by atomic mass is 10.2. The van der Waals surface area contributed by atoms with Crippen LogP contribution < -0.4 is 15.5 Å². The number of carbonyl (C=O) groups excluding carboxylic acids is 1. The molecule has 0 atom stereocenters. The molecular weight excluding hydrogens is 520 g/mol. The third-order valence-corrected chi connectivity index (χ3v) is 6.82. The standard InChI is InChI=1S/C25H24BrClN4OS/c26-22-7-3-2-6-21(22)24(32)29-25(33)28-19-9-11-20(12-10-19)31-15-13-30(14-16-31)17-18-5-1-4-8-23(18)27/h1-12H,13-17H2,(H2,28,29,32,33). The number of hydrogen-bond donors (Lipinski definition) is 2. The summed E-state index contributed by atoms with van der Waals surface area (Å²) in [6.07, 6.45) is 0. The smallest absolute Gasteiger partial charge is 0.258 e. The van der Waals surface area contributed by atoms with Crippen molar-refractivity contribution in [1.29, 1.82) is 0 Å². The lowest BCUT2D eigenvalue weighted by Crippen LogP contribution is -2.46. The van der Waals surface area contributed by atoms with Gasteiger partial charge in [0.25, 0.3) is 5.91 Å². The first-order chi connectivity index (χ1) is 16.0.